The summed E-state index contributed by atoms with van der Waals surface area (Å²) in [6.45, 7) is 6.86. The zero-order chi connectivity index (χ0) is 9.14. The van der Waals surface area contributed by atoms with Gasteiger partial charge in [-0.15, -0.1) is 0 Å². The second-order valence-corrected chi connectivity index (χ2v) is 2.18. The second kappa shape index (κ2) is 3.04. The molecule has 0 unspecified atom stereocenters. The minimum atomic E-state index is -1.04. The fraction of sp³-hybridized carbons (Fsp3) is 0. The molecule has 4 nitrogen and oxygen atoms in total. The van der Waals surface area contributed by atoms with Crippen molar-refractivity contribution >= 4 is 17.7 Å². The summed E-state index contributed by atoms with van der Waals surface area (Å²) in [4.78, 5) is 10.4. The van der Waals surface area contributed by atoms with Crippen LogP contribution in [0.4, 0.5) is 0 Å². The molecule has 0 amide bonds. The van der Waals surface area contributed by atoms with Gasteiger partial charge in [-0.05, 0) is 0 Å². The Labute approximate surface area is 69.4 Å². The topological polar surface area (TPSA) is 55.1 Å². The van der Waals surface area contributed by atoms with E-state index in [4.69, 9.17) is 5.11 Å². The molecule has 0 spiro atoms. The van der Waals surface area contributed by atoms with Crippen LogP contribution in [0, 0.1) is 0 Å². The van der Waals surface area contributed by atoms with Crippen LogP contribution in [0.5, 0.6) is 0 Å². The second-order valence-electron chi connectivity index (χ2n) is 2.18. The molecule has 62 valence electrons. The number of nitrogens with zero attached hydrogens (tertiary/aromatic N) is 2. The zero-order valence-electron chi connectivity index (χ0n) is 6.40. The van der Waals surface area contributed by atoms with Crippen molar-refractivity contribution in [3.05, 3.63) is 31.1 Å². The Morgan fingerprint density at radius 1 is 1.75 bits per heavy atom. The maximum absolute atomic E-state index is 10.4. The van der Waals surface area contributed by atoms with E-state index >= 15 is 0 Å². The van der Waals surface area contributed by atoms with Crippen molar-refractivity contribution in [2.24, 2.45) is 0 Å². The standard InChI is InChI=1S/C8H8N2O2/c1-3-10-5-7(4-9-10)6(2)8(11)12/h3-5H,1-2H2,(H,11,12). The van der Waals surface area contributed by atoms with Crippen LogP contribution in [0.2, 0.25) is 0 Å². The van der Waals surface area contributed by atoms with Gasteiger partial charge in [0.1, 0.15) is 0 Å². The van der Waals surface area contributed by atoms with Gasteiger partial charge in [0.2, 0.25) is 0 Å². The summed E-state index contributed by atoms with van der Waals surface area (Å²) in [6.07, 6.45) is 4.44. The molecule has 1 N–H and O–H groups in total. The van der Waals surface area contributed by atoms with Crippen LogP contribution in [0.25, 0.3) is 11.8 Å². The van der Waals surface area contributed by atoms with Gasteiger partial charge in [-0.1, -0.05) is 13.2 Å². The Morgan fingerprint density at radius 3 is 2.83 bits per heavy atom. The molecule has 0 saturated carbocycles. The number of rotatable bonds is 3. The molecule has 0 bridgehead atoms. The monoisotopic (exact) mass is 164 g/mol. The van der Waals surface area contributed by atoms with Crippen molar-refractivity contribution in [1.29, 1.82) is 0 Å². The van der Waals surface area contributed by atoms with Gasteiger partial charge in [0.05, 0.1) is 11.8 Å². The lowest BCUT2D eigenvalue weighted by atomic mass is 10.2. The maximum Gasteiger partial charge on any atom is 0.335 e. The van der Waals surface area contributed by atoms with Gasteiger partial charge < -0.3 is 5.11 Å². The number of carbonyl (C=O) groups is 1. The highest BCUT2D eigenvalue weighted by molar-refractivity contribution is 6.14. The molecular formula is C8H8N2O2. The average molecular weight is 164 g/mol. The molecule has 0 atom stereocenters. The summed E-state index contributed by atoms with van der Waals surface area (Å²) < 4.78 is 1.42. The fourth-order valence-electron chi connectivity index (χ4n) is 0.717. The molecule has 1 heterocycles. The van der Waals surface area contributed by atoms with E-state index < -0.39 is 5.97 Å². The van der Waals surface area contributed by atoms with E-state index in [0.717, 1.165) is 0 Å². The molecule has 0 radical (unpaired) electrons. The lowest BCUT2D eigenvalue weighted by Gasteiger charge is -1.91. The predicted molar refractivity (Wildman–Crippen MR) is 45.3 cm³/mol. The Bertz CT molecular complexity index is 339. The van der Waals surface area contributed by atoms with Gasteiger partial charge in [0, 0.05) is 18.0 Å². The third-order valence-electron chi connectivity index (χ3n) is 1.40. The van der Waals surface area contributed by atoms with Gasteiger partial charge in [-0.2, -0.15) is 5.10 Å². The number of aromatic nitrogens is 2. The van der Waals surface area contributed by atoms with Crippen molar-refractivity contribution in [2.75, 3.05) is 0 Å². The number of hydrogen-bond acceptors (Lipinski definition) is 2. The third kappa shape index (κ3) is 1.42. The van der Waals surface area contributed by atoms with Crippen LogP contribution in [0.15, 0.2) is 25.6 Å². The highest BCUT2D eigenvalue weighted by Gasteiger charge is 2.08. The van der Waals surface area contributed by atoms with E-state index in [9.17, 15) is 4.79 Å². The van der Waals surface area contributed by atoms with Crippen LogP contribution in [-0.4, -0.2) is 20.9 Å². The van der Waals surface area contributed by atoms with Gasteiger partial charge in [-0.25, -0.2) is 9.48 Å². The first-order valence-corrected chi connectivity index (χ1v) is 3.24. The first-order valence-electron chi connectivity index (χ1n) is 3.24. The quantitative estimate of drug-likeness (QED) is 0.680. The molecule has 0 aliphatic rings. The smallest absolute Gasteiger partial charge is 0.335 e. The lowest BCUT2D eigenvalue weighted by Crippen LogP contribution is -1.96. The van der Waals surface area contributed by atoms with Crippen LogP contribution < -0.4 is 0 Å². The molecule has 12 heavy (non-hydrogen) atoms. The third-order valence-corrected chi connectivity index (χ3v) is 1.40. The van der Waals surface area contributed by atoms with E-state index in [-0.39, 0.29) is 5.57 Å². The molecular weight excluding hydrogens is 156 g/mol. The summed E-state index contributed by atoms with van der Waals surface area (Å²) in [6, 6.07) is 0. The summed E-state index contributed by atoms with van der Waals surface area (Å²) in [5, 5.41) is 12.4. The molecule has 0 aliphatic carbocycles. The SMILES string of the molecule is C=Cn1cc(C(=C)C(=O)O)cn1. The van der Waals surface area contributed by atoms with Crippen molar-refractivity contribution in [3.63, 3.8) is 0 Å². The van der Waals surface area contributed by atoms with Gasteiger partial charge in [0.25, 0.3) is 0 Å². The summed E-state index contributed by atoms with van der Waals surface area (Å²) in [5.74, 6) is -1.04. The van der Waals surface area contributed by atoms with Gasteiger partial charge in [0.15, 0.2) is 0 Å². The maximum atomic E-state index is 10.4. The minimum absolute atomic E-state index is 0.0306. The Kier molecular flexibility index (Phi) is 2.09. The fourth-order valence-corrected chi connectivity index (χ4v) is 0.717. The van der Waals surface area contributed by atoms with E-state index in [1.165, 1.54) is 17.1 Å². The zero-order valence-corrected chi connectivity index (χ0v) is 6.40. The number of carboxylic acids is 1. The first kappa shape index (κ1) is 8.26. The minimum Gasteiger partial charge on any atom is -0.478 e. The highest BCUT2D eigenvalue weighted by Crippen LogP contribution is 2.10. The normalized spacial score (nSPS) is 9.33. The van der Waals surface area contributed by atoms with Crippen LogP contribution >= 0.6 is 0 Å². The molecule has 0 aliphatic heterocycles. The van der Waals surface area contributed by atoms with Crippen molar-refractivity contribution < 1.29 is 9.90 Å². The van der Waals surface area contributed by atoms with Gasteiger partial charge >= 0.3 is 5.97 Å². The molecule has 0 saturated heterocycles. The van der Waals surface area contributed by atoms with Crippen molar-refractivity contribution in [1.82, 2.24) is 9.78 Å². The number of hydrogen-bond donors (Lipinski definition) is 1. The summed E-state index contributed by atoms with van der Waals surface area (Å²) in [7, 11) is 0. The predicted octanol–water partition coefficient (Wildman–Crippen LogP) is 1.08. The molecule has 0 aromatic carbocycles. The summed E-state index contributed by atoms with van der Waals surface area (Å²) in [5.41, 5.74) is 0.519. The van der Waals surface area contributed by atoms with Crippen molar-refractivity contribution in [2.45, 2.75) is 0 Å². The molecule has 4 heteroatoms. The highest BCUT2D eigenvalue weighted by atomic mass is 16.4. The largest absolute Gasteiger partial charge is 0.478 e. The number of aliphatic carboxylic acids is 1. The first-order chi connectivity index (χ1) is 5.65. The Balaban J connectivity index is 2.96. The molecule has 1 rings (SSSR count). The van der Waals surface area contributed by atoms with E-state index in [0.29, 0.717) is 5.56 Å². The van der Waals surface area contributed by atoms with Crippen LogP contribution in [0.1, 0.15) is 5.56 Å². The van der Waals surface area contributed by atoms with Crippen molar-refractivity contribution in [3.8, 4) is 0 Å². The van der Waals surface area contributed by atoms with E-state index in [1.54, 1.807) is 6.20 Å². The van der Waals surface area contributed by atoms with E-state index in [2.05, 4.69) is 18.3 Å². The number of carboxylic acid groups (broad SMARTS) is 1. The Hall–Kier alpha value is -1.84. The lowest BCUT2D eigenvalue weighted by molar-refractivity contribution is -0.130. The summed E-state index contributed by atoms with van der Waals surface area (Å²) >= 11 is 0. The molecule has 1 aromatic heterocycles. The average Bonchev–Trinajstić information content (AvgIpc) is 2.50. The van der Waals surface area contributed by atoms with Crippen LogP contribution in [-0.2, 0) is 4.79 Å². The van der Waals surface area contributed by atoms with E-state index in [1.807, 2.05) is 0 Å². The molecule has 1 aromatic rings. The molecule has 0 fully saturated rings. The van der Waals surface area contributed by atoms with Crippen LogP contribution in [0.3, 0.4) is 0 Å². The van der Waals surface area contributed by atoms with Gasteiger partial charge in [-0.3, -0.25) is 0 Å². The Morgan fingerprint density at radius 2 is 2.42 bits per heavy atom.